The fourth-order valence-electron chi connectivity index (χ4n) is 2.90. The third-order valence-electron chi connectivity index (χ3n) is 3.86. The van der Waals surface area contributed by atoms with Crippen LogP contribution < -0.4 is 5.32 Å². The van der Waals surface area contributed by atoms with Crippen molar-refractivity contribution in [1.82, 2.24) is 15.3 Å². The monoisotopic (exact) mass is 269 g/mol. The Hall–Kier alpha value is -1.94. The number of phenols is 1. The Morgan fingerprint density at radius 2 is 1.75 bits per heavy atom. The summed E-state index contributed by atoms with van der Waals surface area (Å²) in [6.07, 6.45) is 2.37. The second-order valence-electron chi connectivity index (χ2n) is 5.33. The number of aromatic nitrogens is 2. The minimum absolute atomic E-state index is 0.258. The molecule has 2 heterocycles. The molecule has 0 saturated carbocycles. The van der Waals surface area contributed by atoms with Gasteiger partial charge in [0.2, 0.25) is 0 Å². The van der Waals surface area contributed by atoms with Crippen molar-refractivity contribution < 1.29 is 5.11 Å². The third-order valence-corrected chi connectivity index (χ3v) is 3.86. The van der Waals surface area contributed by atoms with Crippen LogP contribution in [0.1, 0.15) is 35.8 Å². The fourth-order valence-corrected chi connectivity index (χ4v) is 2.90. The molecule has 1 aliphatic rings. The predicted molar refractivity (Wildman–Crippen MR) is 78.6 cm³/mol. The predicted octanol–water partition coefficient (Wildman–Crippen LogP) is 2.89. The van der Waals surface area contributed by atoms with E-state index in [0.29, 0.717) is 6.04 Å². The Bertz CT molecular complexity index is 593. The zero-order valence-corrected chi connectivity index (χ0v) is 11.8. The van der Waals surface area contributed by atoms with E-state index < -0.39 is 0 Å². The number of aryl methyl sites for hydroxylation is 2. The summed E-state index contributed by atoms with van der Waals surface area (Å²) < 4.78 is 0. The summed E-state index contributed by atoms with van der Waals surface area (Å²) in [6.45, 7) is 5.17. The van der Waals surface area contributed by atoms with Gasteiger partial charge in [-0.05, 0) is 57.5 Å². The number of nitrogens with one attached hydrogen (secondary N) is 1. The molecule has 104 valence electrons. The minimum Gasteiger partial charge on any atom is -0.508 e. The standard InChI is InChI=1S/C16H19N3O/c1-10-15(14-4-3-9-17-14)11(2)19-16(18-10)12-5-7-13(20)8-6-12/h5-8,14,17,20H,3-4,9H2,1-2H3. The molecular weight excluding hydrogens is 250 g/mol. The van der Waals surface area contributed by atoms with E-state index in [1.165, 1.54) is 12.0 Å². The molecule has 1 aromatic heterocycles. The second-order valence-corrected chi connectivity index (χ2v) is 5.33. The van der Waals surface area contributed by atoms with Crippen molar-refractivity contribution in [3.8, 4) is 17.1 Å². The van der Waals surface area contributed by atoms with Gasteiger partial charge in [-0.1, -0.05) is 0 Å². The summed E-state index contributed by atoms with van der Waals surface area (Å²) in [7, 11) is 0. The van der Waals surface area contributed by atoms with Gasteiger partial charge in [0.15, 0.2) is 5.82 Å². The maximum absolute atomic E-state index is 9.35. The van der Waals surface area contributed by atoms with Crippen LogP contribution in [-0.4, -0.2) is 21.6 Å². The first-order valence-electron chi connectivity index (χ1n) is 7.03. The number of nitrogens with zero attached hydrogens (tertiary/aromatic N) is 2. The topological polar surface area (TPSA) is 58.0 Å². The number of benzene rings is 1. The summed E-state index contributed by atoms with van der Waals surface area (Å²) in [6, 6.07) is 7.41. The normalized spacial score (nSPS) is 18.4. The van der Waals surface area contributed by atoms with E-state index in [-0.39, 0.29) is 5.75 Å². The van der Waals surface area contributed by atoms with Gasteiger partial charge in [0.1, 0.15) is 5.75 Å². The van der Waals surface area contributed by atoms with Gasteiger partial charge in [-0.2, -0.15) is 0 Å². The van der Waals surface area contributed by atoms with Crippen molar-refractivity contribution in [2.24, 2.45) is 0 Å². The van der Waals surface area contributed by atoms with Crippen LogP contribution in [0.5, 0.6) is 5.75 Å². The fraction of sp³-hybridized carbons (Fsp3) is 0.375. The molecule has 4 heteroatoms. The van der Waals surface area contributed by atoms with Gasteiger partial charge in [-0.25, -0.2) is 9.97 Å². The highest BCUT2D eigenvalue weighted by atomic mass is 16.3. The third kappa shape index (κ3) is 2.39. The molecule has 0 amide bonds. The number of hydrogen-bond donors (Lipinski definition) is 2. The zero-order chi connectivity index (χ0) is 14.1. The molecule has 0 aliphatic carbocycles. The van der Waals surface area contributed by atoms with Gasteiger partial charge in [0.25, 0.3) is 0 Å². The van der Waals surface area contributed by atoms with E-state index in [9.17, 15) is 5.11 Å². The van der Waals surface area contributed by atoms with Crippen molar-refractivity contribution in [2.45, 2.75) is 32.7 Å². The first-order valence-corrected chi connectivity index (χ1v) is 7.03. The van der Waals surface area contributed by atoms with Crippen LogP contribution in [0.25, 0.3) is 11.4 Å². The lowest BCUT2D eigenvalue weighted by Gasteiger charge is -2.16. The Morgan fingerprint density at radius 3 is 2.30 bits per heavy atom. The van der Waals surface area contributed by atoms with Crippen molar-refractivity contribution >= 4 is 0 Å². The van der Waals surface area contributed by atoms with Crippen LogP contribution in [0.2, 0.25) is 0 Å². The van der Waals surface area contributed by atoms with E-state index in [1.807, 2.05) is 26.0 Å². The smallest absolute Gasteiger partial charge is 0.159 e. The van der Waals surface area contributed by atoms with E-state index in [4.69, 9.17) is 0 Å². The summed E-state index contributed by atoms with van der Waals surface area (Å²) in [4.78, 5) is 9.29. The molecule has 0 radical (unpaired) electrons. The van der Waals surface area contributed by atoms with Gasteiger partial charge < -0.3 is 10.4 Å². The Kier molecular flexibility index (Phi) is 3.40. The van der Waals surface area contributed by atoms with Crippen molar-refractivity contribution in [1.29, 1.82) is 0 Å². The average molecular weight is 269 g/mol. The SMILES string of the molecule is Cc1nc(-c2ccc(O)cc2)nc(C)c1C1CCCN1. The van der Waals surface area contributed by atoms with Crippen molar-refractivity contribution in [2.75, 3.05) is 6.54 Å². The lowest BCUT2D eigenvalue weighted by atomic mass is 10.0. The first kappa shape index (κ1) is 13.1. The molecule has 1 aromatic carbocycles. The quantitative estimate of drug-likeness (QED) is 0.880. The molecule has 4 nitrogen and oxygen atoms in total. The molecule has 0 spiro atoms. The molecule has 3 rings (SSSR count). The van der Waals surface area contributed by atoms with Crippen LogP contribution in [0, 0.1) is 13.8 Å². The lowest BCUT2D eigenvalue weighted by Crippen LogP contribution is -2.17. The maximum Gasteiger partial charge on any atom is 0.159 e. The summed E-state index contributed by atoms with van der Waals surface area (Å²) >= 11 is 0. The van der Waals surface area contributed by atoms with Crippen LogP contribution in [-0.2, 0) is 0 Å². The van der Waals surface area contributed by atoms with Crippen LogP contribution in [0.3, 0.4) is 0 Å². The van der Waals surface area contributed by atoms with Crippen molar-refractivity contribution in [3.63, 3.8) is 0 Å². The van der Waals surface area contributed by atoms with Gasteiger partial charge in [0.05, 0.1) is 0 Å². The lowest BCUT2D eigenvalue weighted by molar-refractivity contribution is 0.475. The van der Waals surface area contributed by atoms with Gasteiger partial charge in [0, 0.05) is 28.6 Å². The highest BCUT2D eigenvalue weighted by molar-refractivity contribution is 5.57. The van der Waals surface area contributed by atoms with Gasteiger partial charge in [-0.15, -0.1) is 0 Å². The van der Waals surface area contributed by atoms with E-state index in [0.717, 1.165) is 35.7 Å². The average Bonchev–Trinajstić information content (AvgIpc) is 2.92. The first-order chi connectivity index (χ1) is 9.65. The molecule has 20 heavy (non-hydrogen) atoms. The number of phenolic OH excluding ortho intramolecular Hbond substituents is 1. The molecule has 1 unspecified atom stereocenters. The summed E-state index contributed by atoms with van der Waals surface area (Å²) in [5, 5.41) is 12.9. The molecule has 2 aromatic rings. The van der Waals surface area contributed by atoms with Crippen LogP contribution in [0.15, 0.2) is 24.3 Å². The molecular formula is C16H19N3O. The van der Waals surface area contributed by atoms with E-state index >= 15 is 0 Å². The molecule has 1 aliphatic heterocycles. The van der Waals surface area contributed by atoms with Gasteiger partial charge >= 0.3 is 0 Å². The zero-order valence-electron chi connectivity index (χ0n) is 11.8. The molecule has 1 saturated heterocycles. The van der Waals surface area contributed by atoms with Crippen LogP contribution in [0.4, 0.5) is 0 Å². The second kappa shape index (κ2) is 5.21. The molecule has 1 fully saturated rings. The largest absolute Gasteiger partial charge is 0.508 e. The van der Waals surface area contributed by atoms with E-state index in [2.05, 4.69) is 15.3 Å². The summed E-state index contributed by atoms with van der Waals surface area (Å²) in [5.74, 6) is 0.982. The number of aromatic hydroxyl groups is 1. The highest BCUT2D eigenvalue weighted by Gasteiger charge is 2.22. The maximum atomic E-state index is 9.35. The Morgan fingerprint density at radius 1 is 1.10 bits per heavy atom. The number of hydrogen-bond acceptors (Lipinski definition) is 4. The molecule has 0 bridgehead atoms. The highest BCUT2D eigenvalue weighted by Crippen LogP contribution is 2.29. The van der Waals surface area contributed by atoms with Gasteiger partial charge in [-0.3, -0.25) is 0 Å². The van der Waals surface area contributed by atoms with Crippen molar-refractivity contribution in [3.05, 3.63) is 41.2 Å². The summed E-state index contributed by atoms with van der Waals surface area (Å²) in [5.41, 5.74) is 4.25. The molecule has 2 N–H and O–H groups in total. The number of rotatable bonds is 2. The molecule has 1 atom stereocenters. The van der Waals surface area contributed by atoms with E-state index in [1.54, 1.807) is 12.1 Å². The Labute approximate surface area is 118 Å². The van der Waals surface area contributed by atoms with Crippen LogP contribution >= 0.6 is 0 Å². The minimum atomic E-state index is 0.258. The Balaban J connectivity index is 2.00.